The van der Waals surface area contributed by atoms with Crippen LogP contribution in [0.3, 0.4) is 0 Å². The molecule has 188 valence electrons. The number of fused-ring (bicyclic) bond motifs is 1. The summed E-state index contributed by atoms with van der Waals surface area (Å²) in [5.41, 5.74) is 1.00. The van der Waals surface area contributed by atoms with Gasteiger partial charge >= 0.3 is 6.09 Å². The van der Waals surface area contributed by atoms with Gasteiger partial charge in [0, 0.05) is 43.5 Å². The maximum absolute atomic E-state index is 12.3. The van der Waals surface area contributed by atoms with Gasteiger partial charge in [-0.05, 0) is 43.7 Å². The number of benzene rings is 3. The van der Waals surface area contributed by atoms with Crippen LogP contribution in [-0.2, 0) is 0 Å². The van der Waals surface area contributed by atoms with E-state index < -0.39 is 6.09 Å². The maximum atomic E-state index is 12.3. The number of rotatable bonds is 8. The molecule has 0 saturated carbocycles. The summed E-state index contributed by atoms with van der Waals surface area (Å²) in [4.78, 5) is 17.0. The molecule has 1 fully saturated rings. The van der Waals surface area contributed by atoms with Gasteiger partial charge in [0.05, 0.1) is 22.8 Å². The SMILES string of the molecule is COc1ccc(OC(=O)NCCCCN2CCN(c3cccc(Cl)c3Cl)CC2)c2ccccc12.Cl. The van der Waals surface area contributed by atoms with Crippen LogP contribution >= 0.6 is 35.6 Å². The van der Waals surface area contributed by atoms with Crippen LogP contribution in [0, 0.1) is 0 Å². The largest absolute Gasteiger partial charge is 0.496 e. The van der Waals surface area contributed by atoms with Crippen molar-refractivity contribution in [1.82, 2.24) is 10.2 Å². The molecular formula is C26H30Cl3N3O3. The number of methoxy groups -OCH3 is 1. The Kier molecular flexibility index (Phi) is 10.2. The van der Waals surface area contributed by atoms with Crippen LogP contribution in [-0.4, -0.2) is 57.4 Å². The average Bonchev–Trinajstić information content (AvgIpc) is 2.86. The number of piperazine rings is 1. The van der Waals surface area contributed by atoms with Crippen molar-refractivity contribution < 1.29 is 14.3 Å². The summed E-state index contributed by atoms with van der Waals surface area (Å²) in [6.07, 6.45) is 1.45. The Morgan fingerprint density at radius 1 is 0.914 bits per heavy atom. The maximum Gasteiger partial charge on any atom is 0.412 e. The van der Waals surface area contributed by atoms with Crippen molar-refractivity contribution in [1.29, 1.82) is 0 Å². The van der Waals surface area contributed by atoms with Crippen molar-refractivity contribution in [3.05, 3.63) is 64.6 Å². The number of carbonyl (C=O) groups is 1. The van der Waals surface area contributed by atoms with Crippen molar-refractivity contribution in [2.24, 2.45) is 0 Å². The Morgan fingerprint density at radius 2 is 1.60 bits per heavy atom. The molecule has 9 heteroatoms. The molecule has 1 saturated heterocycles. The van der Waals surface area contributed by atoms with Gasteiger partial charge in [0.2, 0.25) is 0 Å². The first-order valence-electron chi connectivity index (χ1n) is 11.5. The normalized spacial score (nSPS) is 13.9. The van der Waals surface area contributed by atoms with E-state index in [1.54, 1.807) is 13.2 Å². The zero-order chi connectivity index (χ0) is 23.9. The molecule has 1 aliphatic heterocycles. The van der Waals surface area contributed by atoms with E-state index in [2.05, 4.69) is 15.1 Å². The summed E-state index contributed by atoms with van der Waals surface area (Å²) in [6, 6.07) is 17.0. The second-order valence-corrected chi connectivity index (χ2v) is 9.02. The number of nitrogens with zero attached hydrogens (tertiary/aromatic N) is 2. The smallest absolute Gasteiger partial charge is 0.412 e. The Hall–Kier alpha value is -2.38. The number of ether oxygens (including phenoxy) is 2. The molecule has 0 aliphatic carbocycles. The first-order valence-corrected chi connectivity index (χ1v) is 12.2. The Morgan fingerprint density at radius 3 is 2.31 bits per heavy atom. The zero-order valence-corrected chi connectivity index (χ0v) is 22.0. The molecule has 6 nitrogen and oxygen atoms in total. The molecular weight excluding hydrogens is 509 g/mol. The number of unbranched alkanes of at least 4 members (excludes halogenated alkanes) is 1. The predicted molar refractivity (Wildman–Crippen MR) is 146 cm³/mol. The second-order valence-electron chi connectivity index (χ2n) is 8.24. The van der Waals surface area contributed by atoms with Crippen LogP contribution in [0.5, 0.6) is 11.5 Å². The molecule has 0 aromatic heterocycles. The topological polar surface area (TPSA) is 54.0 Å². The molecule has 0 atom stereocenters. The molecule has 3 aromatic carbocycles. The molecule has 0 spiro atoms. The van der Waals surface area contributed by atoms with Crippen molar-refractivity contribution >= 4 is 58.2 Å². The van der Waals surface area contributed by atoms with E-state index in [0.717, 1.165) is 67.8 Å². The molecule has 3 aromatic rings. The predicted octanol–water partition coefficient (Wildman–Crippen LogP) is 6.27. The highest BCUT2D eigenvalue weighted by atomic mass is 35.5. The van der Waals surface area contributed by atoms with E-state index in [1.165, 1.54) is 0 Å². The highest BCUT2D eigenvalue weighted by molar-refractivity contribution is 6.43. The number of hydrogen-bond acceptors (Lipinski definition) is 5. The highest BCUT2D eigenvalue weighted by Gasteiger charge is 2.19. The van der Waals surface area contributed by atoms with Crippen molar-refractivity contribution in [2.45, 2.75) is 12.8 Å². The Bertz CT molecular complexity index is 1140. The minimum absolute atomic E-state index is 0. The molecule has 1 aliphatic rings. The van der Waals surface area contributed by atoms with Gasteiger partial charge in [0.25, 0.3) is 0 Å². The third kappa shape index (κ3) is 6.85. The zero-order valence-electron chi connectivity index (χ0n) is 19.6. The van der Waals surface area contributed by atoms with Gasteiger partial charge in [-0.2, -0.15) is 0 Å². The third-order valence-corrected chi connectivity index (χ3v) is 6.89. The third-order valence-electron chi connectivity index (χ3n) is 6.08. The molecule has 1 N–H and O–H groups in total. The van der Waals surface area contributed by atoms with Crippen LogP contribution < -0.4 is 19.7 Å². The van der Waals surface area contributed by atoms with E-state index >= 15 is 0 Å². The standard InChI is InChI=1S/C26H29Cl2N3O3.ClH/c1-33-23-11-12-24(20-8-3-2-7-19(20)23)34-26(32)29-13-4-5-14-30-15-17-31(18-16-30)22-10-6-9-21(27)25(22)28;/h2-3,6-12H,4-5,13-18H2,1H3,(H,29,32);1H. The fraction of sp³-hybridized carbons (Fsp3) is 0.346. The lowest BCUT2D eigenvalue weighted by atomic mass is 10.1. The van der Waals surface area contributed by atoms with Gasteiger partial charge in [-0.15, -0.1) is 12.4 Å². The molecule has 1 amide bonds. The number of nitrogens with one attached hydrogen (secondary N) is 1. The van der Waals surface area contributed by atoms with E-state index in [4.69, 9.17) is 32.7 Å². The number of carbonyl (C=O) groups excluding carboxylic acids is 1. The lowest BCUT2D eigenvalue weighted by molar-refractivity contribution is 0.200. The van der Waals surface area contributed by atoms with Crippen molar-refractivity contribution in [3.8, 4) is 11.5 Å². The van der Waals surface area contributed by atoms with E-state index in [9.17, 15) is 4.79 Å². The monoisotopic (exact) mass is 537 g/mol. The van der Waals surface area contributed by atoms with Crippen LogP contribution in [0.15, 0.2) is 54.6 Å². The van der Waals surface area contributed by atoms with Crippen LogP contribution in [0.2, 0.25) is 10.0 Å². The van der Waals surface area contributed by atoms with Crippen LogP contribution in [0.25, 0.3) is 10.8 Å². The van der Waals surface area contributed by atoms with Gasteiger partial charge in [-0.1, -0.05) is 53.5 Å². The average molecular weight is 539 g/mol. The molecule has 0 radical (unpaired) electrons. The summed E-state index contributed by atoms with van der Waals surface area (Å²) in [5, 5.41) is 5.82. The number of halogens is 3. The van der Waals surface area contributed by atoms with Gasteiger partial charge in [0.1, 0.15) is 11.5 Å². The molecule has 35 heavy (non-hydrogen) atoms. The fourth-order valence-corrected chi connectivity index (χ4v) is 4.66. The highest BCUT2D eigenvalue weighted by Crippen LogP contribution is 2.34. The van der Waals surface area contributed by atoms with Crippen LogP contribution in [0.1, 0.15) is 12.8 Å². The second kappa shape index (κ2) is 13.1. The van der Waals surface area contributed by atoms with E-state index in [1.807, 2.05) is 48.5 Å². The van der Waals surface area contributed by atoms with E-state index in [0.29, 0.717) is 22.3 Å². The Labute approximate surface area is 222 Å². The van der Waals surface area contributed by atoms with Gasteiger partial charge in [-0.3, -0.25) is 4.90 Å². The lowest BCUT2D eigenvalue weighted by Crippen LogP contribution is -2.46. The molecule has 0 unspecified atom stereocenters. The first kappa shape index (κ1) is 27.2. The molecule has 4 rings (SSSR count). The van der Waals surface area contributed by atoms with Crippen molar-refractivity contribution in [3.63, 3.8) is 0 Å². The summed E-state index contributed by atoms with van der Waals surface area (Å²) in [7, 11) is 1.63. The number of amides is 1. The first-order chi connectivity index (χ1) is 16.6. The summed E-state index contributed by atoms with van der Waals surface area (Å²) >= 11 is 12.5. The van der Waals surface area contributed by atoms with Crippen LogP contribution in [0.4, 0.5) is 10.5 Å². The quantitative estimate of drug-likeness (QED) is 0.343. The summed E-state index contributed by atoms with van der Waals surface area (Å²) in [6.45, 7) is 5.36. The summed E-state index contributed by atoms with van der Waals surface area (Å²) in [5.74, 6) is 1.27. The van der Waals surface area contributed by atoms with Gasteiger partial charge in [-0.25, -0.2) is 4.79 Å². The summed E-state index contributed by atoms with van der Waals surface area (Å²) < 4.78 is 10.9. The molecule has 0 bridgehead atoms. The fourth-order valence-electron chi connectivity index (χ4n) is 4.25. The van der Waals surface area contributed by atoms with Gasteiger partial charge < -0.3 is 19.7 Å². The van der Waals surface area contributed by atoms with Crippen molar-refractivity contribution in [2.75, 3.05) is 51.3 Å². The number of anilines is 1. The minimum Gasteiger partial charge on any atom is -0.496 e. The lowest BCUT2D eigenvalue weighted by Gasteiger charge is -2.36. The van der Waals surface area contributed by atoms with Gasteiger partial charge in [0.15, 0.2) is 0 Å². The minimum atomic E-state index is -0.442. The van der Waals surface area contributed by atoms with E-state index in [-0.39, 0.29) is 12.4 Å². The Balaban J connectivity index is 0.00000342. The number of hydrogen-bond donors (Lipinski definition) is 1. The molecule has 1 heterocycles.